The van der Waals surface area contributed by atoms with E-state index in [2.05, 4.69) is 0 Å². The van der Waals surface area contributed by atoms with Gasteiger partial charge in [-0.05, 0) is 6.08 Å². The Morgan fingerprint density at radius 3 is 2.40 bits per heavy atom. The first-order chi connectivity index (χ1) is 4.61. The molecule has 1 aliphatic heterocycles. The van der Waals surface area contributed by atoms with Gasteiger partial charge in [0.15, 0.2) is 0 Å². The number of rotatable bonds is 1. The summed E-state index contributed by atoms with van der Waals surface area (Å²) in [5.74, 6) is 0. The average molecular weight is 161 g/mol. The van der Waals surface area contributed by atoms with Gasteiger partial charge in [-0.2, -0.15) is 0 Å². The Labute approximate surface area is 58.7 Å². The molecule has 4 nitrogen and oxygen atoms in total. The summed E-state index contributed by atoms with van der Waals surface area (Å²) in [4.78, 5) is 17.2. The largest absolute Gasteiger partial charge is 0.429 e. The van der Waals surface area contributed by atoms with Crippen LogP contribution in [0, 0.1) is 0 Å². The van der Waals surface area contributed by atoms with Gasteiger partial charge in [-0.1, -0.05) is 12.2 Å². The third-order valence-electron chi connectivity index (χ3n) is 1.13. The predicted molar refractivity (Wildman–Crippen MR) is 37.0 cm³/mol. The Bertz CT molecular complexity index is 217. The van der Waals surface area contributed by atoms with Gasteiger partial charge in [0.25, 0.3) is 0 Å². The van der Waals surface area contributed by atoms with Crippen LogP contribution in [0.2, 0.25) is 0 Å². The highest BCUT2D eigenvalue weighted by Crippen LogP contribution is 2.40. The van der Waals surface area contributed by atoms with Gasteiger partial charge >= 0.3 is 7.75 Å². The van der Waals surface area contributed by atoms with Crippen molar-refractivity contribution in [2.75, 3.05) is 6.54 Å². The number of hydrogen-bond acceptors (Lipinski definition) is 1. The van der Waals surface area contributed by atoms with Gasteiger partial charge in [0.05, 0.1) is 0 Å². The molecule has 0 saturated carbocycles. The first-order valence-electron chi connectivity index (χ1n) is 2.77. The molecule has 0 radical (unpaired) electrons. The summed E-state index contributed by atoms with van der Waals surface area (Å²) < 4.78 is 11.5. The van der Waals surface area contributed by atoms with Crippen molar-refractivity contribution in [1.82, 2.24) is 4.67 Å². The summed E-state index contributed by atoms with van der Waals surface area (Å²) in [7, 11) is -4.05. The molecule has 0 aromatic carbocycles. The van der Waals surface area contributed by atoms with Crippen molar-refractivity contribution in [1.29, 1.82) is 0 Å². The molecule has 10 heavy (non-hydrogen) atoms. The summed E-state index contributed by atoms with van der Waals surface area (Å²) >= 11 is 0. The molecule has 0 aliphatic carbocycles. The van der Waals surface area contributed by atoms with Crippen molar-refractivity contribution in [3.8, 4) is 0 Å². The van der Waals surface area contributed by atoms with Gasteiger partial charge in [-0.3, -0.25) is 4.67 Å². The fourth-order valence-corrected chi connectivity index (χ4v) is 1.21. The highest BCUT2D eigenvalue weighted by atomic mass is 31.2. The molecule has 1 heterocycles. The predicted octanol–water partition coefficient (Wildman–Crippen LogP) is 0.465. The molecule has 0 spiro atoms. The highest BCUT2D eigenvalue weighted by Gasteiger charge is 2.20. The Morgan fingerprint density at radius 2 is 2.10 bits per heavy atom. The Kier molecular flexibility index (Phi) is 1.94. The van der Waals surface area contributed by atoms with E-state index >= 15 is 0 Å². The maximum absolute atomic E-state index is 10.5. The van der Waals surface area contributed by atoms with E-state index in [-0.39, 0.29) is 6.54 Å². The van der Waals surface area contributed by atoms with Crippen molar-refractivity contribution in [3.05, 3.63) is 24.4 Å². The van der Waals surface area contributed by atoms with Gasteiger partial charge in [-0.25, -0.2) is 4.57 Å². The van der Waals surface area contributed by atoms with E-state index in [1.54, 1.807) is 18.2 Å². The van der Waals surface area contributed by atoms with E-state index in [9.17, 15) is 4.57 Å². The first-order valence-corrected chi connectivity index (χ1v) is 4.33. The molecule has 0 unspecified atom stereocenters. The molecule has 0 bridgehead atoms. The van der Waals surface area contributed by atoms with Crippen LogP contribution in [0.5, 0.6) is 0 Å². The zero-order valence-corrected chi connectivity index (χ0v) is 6.11. The summed E-state index contributed by atoms with van der Waals surface area (Å²) in [6, 6.07) is 0. The Hall–Kier alpha value is -0.570. The topological polar surface area (TPSA) is 60.8 Å². The zero-order valence-electron chi connectivity index (χ0n) is 5.21. The summed E-state index contributed by atoms with van der Waals surface area (Å²) in [6.07, 6.45) is 6.38. The molecular formula is C5H8NO3P. The van der Waals surface area contributed by atoms with Crippen molar-refractivity contribution < 1.29 is 14.4 Å². The lowest BCUT2D eigenvalue weighted by Gasteiger charge is -2.20. The van der Waals surface area contributed by atoms with Gasteiger partial charge < -0.3 is 9.79 Å². The molecule has 2 N–H and O–H groups in total. The quantitative estimate of drug-likeness (QED) is 0.548. The van der Waals surface area contributed by atoms with Crippen molar-refractivity contribution >= 4 is 7.75 Å². The van der Waals surface area contributed by atoms with E-state index in [1.807, 2.05) is 0 Å². The Morgan fingerprint density at radius 1 is 1.40 bits per heavy atom. The molecule has 0 saturated heterocycles. The van der Waals surface area contributed by atoms with Gasteiger partial charge in [0.1, 0.15) is 0 Å². The summed E-state index contributed by atoms with van der Waals surface area (Å²) in [5, 5.41) is 0. The smallest absolute Gasteiger partial charge is 0.308 e. The second-order valence-corrected chi connectivity index (χ2v) is 3.45. The zero-order chi connectivity index (χ0) is 7.61. The highest BCUT2D eigenvalue weighted by molar-refractivity contribution is 7.49. The lowest BCUT2D eigenvalue weighted by atomic mass is 10.4. The molecule has 0 aromatic rings. The van der Waals surface area contributed by atoms with E-state index in [0.717, 1.165) is 4.67 Å². The lowest BCUT2D eigenvalue weighted by molar-refractivity contribution is 0.312. The van der Waals surface area contributed by atoms with Crippen LogP contribution in [0.1, 0.15) is 0 Å². The standard InChI is InChI=1S/C5H8NO3P/c7-10(8,9)6-4-2-1-3-5-6/h1-4H,5H2,(H2,7,8,9). The SMILES string of the molecule is O=P(O)(O)N1C=CC=CC1. The van der Waals surface area contributed by atoms with Gasteiger partial charge in [0, 0.05) is 12.7 Å². The summed E-state index contributed by atoms with van der Waals surface area (Å²) in [5.41, 5.74) is 0. The third-order valence-corrected chi connectivity index (χ3v) is 2.10. The molecule has 0 amide bonds. The van der Waals surface area contributed by atoms with Crippen LogP contribution in [0.4, 0.5) is 0 Å². The second-order valence-electron chi connectivity index (χ2n) is 1.90. The van der Waals surface area contributed by atoms with Crippen LogP contribution >= 0.6 is 7.75 Å². The van der Waals surface area contributed by atoms with Gasteiger partial charge in [0.2, 0.25) is 0 Å². The lowest BCUT2D eigenvalue weighted by Crippen LogP contribution is -2.14. The van der Waals surface area contributed by atoms with Crippen LogP contribution in [-0.4, -0.2) is 21.0 Å². The van der Waals surface area contributed by atoms with E-state index in [0.29, 0.717) is 0 Å². The van der Waals surface area contributed by atoms with Crippen molar-refractivity contribution in [3.63, 3.8) is 0 Å². The first kappa shape index (κ1) is 7.54. The van der Waals surface area contributed by atoms with Crippen molar-refractivity contribution in [2.45, 2.75) is 0 Å². The number of hydrogen-bond donors (Lipinski definition) is 2. The van der Waals surface area contributed by atoms with Crippen LogP contribution in [0.3, 0.4) is 0 Å². The minimum absolute atomic E-state index is 0.279. The molecule has 5 heteroatoms. The molecule has 1 aliphatic rings. The molecule has 56 valence electrons. The van der Waals surface area contributed by atoms with Crippen LogP contribution < -0.4 is 0 Å². The van der Waals surface area contributed by atoms with E-state index < -0.39 is 7.75 Å². The van der Waals surface area contributed by atoms with Crippen molar-refractivity contribution in [2.24, 2.45) is 0 Å². The Balaban J connectivity index is 2.69. The minimum Gasteiger partial charge on any atom is -0.308 e. The average Bonchev–Trinajstić information content (AvgIpc) is 1.88. The normalized spacial score (nSPS) is 18.0. The second kappa shape index (κ2) is 2.58. The molecule has 0 aromatic heterocycles. The minimum atomic E-state index is -4.05. The summed E-state index contributed by atoms with van der Waals surface area (Å²) in [6.45, 7) is 0.279. The molecule has 0 fully saturated rings. The molecular weight excluding hydrogens is 153 g/mol. The molecule has 0 atom stereocenters. The van der Waals surface area contributed by atoms with Crippen LogP contribution in [-0.2, 0) is 4.57 Å². The number of nitrogens with zero attached hydrogens (tertiary/aromatic N) is 1. The third kappa shape index (κ3) is 1.70. The molecule has 1 rings (SSSR count). The van der Waals surface area contributed by atoms with Crippen LogP contribution in [0.25, 0.3) is 0 Å². The van der Waals surface area contributed by atoms with E-state index in [4.69, 9.17) is 9.79 Å². The maximum atomic E-state index is 10.5. The number of allylic oxidation sites excluding steroid dienone is 2. The van der Waals surface area contributed by atoms with E-state index in [1.165, 1.54) is 6.20 Å². The van der Waals surface area contributed by atoms with Crippen LogP contribution in [0.15, 0.2) is 24.4 Å². The maximum Gasteiger partial charge on any atom is 0.429 e. The fraction of sp³-hybridized carbons (Fsp3) is 0.200. The van der Waals surface area contributed by atoms with Gasteiger partial charge in [-0.15, -0.1) is 0 Å². The monoisotopic (exact) mass is 161 g/mol. The fourth-order valence-electron chi connectivity index (χ4n) is 0.651.